The van der Waals surface area contributed by atoms with Crippen LogP contribution in [0.2, 0.25) is 0 Å². The number of carbonyl (C=O) groups excluding carboxylic acids is 2. The number of amides is 2. The fourth-order valence-corrected chi connectivity index (χ4v) is 2.02. The van der Waals surface area contributed by atoms with Crippen LogP contribution in [-0.4, -0.2) is 43.0 Å². The lowest BCUT2D eigenvalue weighted by molar-refractivity contribution is -0.139. The first-order valence-electron chi connectivity index (χ1n) is 7.24. The number of methoxy groups -OCH3 is 1. The van der Waals surface area contributed by atoms with Gasteiger partial charge in [0.2, 0.25) is 11.8 Å². The van der Waals surface area contributed by atoms with E-state index in [1.54, 1.807) is 26.2 Å². The molecule has 0 fully saturated rings. The molecule has 0 aliphatic heterocycles. The van der Waals surface area contributed by atoms with E-state index < -0.39 is 6.04 Å². The zero-order valence-corrected chi connectivity index (χ0v) is 13.3. The Bertz CT molecular complexity index is 491. The smallest absolute Gasteiger partial charge is 0.242 e. The van der Waals surface area contributed by atoms with E-state index >= 15 is 0 Å². The van der Waals surface area contributed by atoms with Gasteiger partial charge in [-0.2, -0.15) is 0 Å². The van der Waals surface area contributed by atoms with Crippen molar-refractivity contribution in [3.63, 3.8) is 0 Å². The Balaban J connectivity index is 2.63. The minimum atomic E-state index is -0.593. The third-order valence-electron chi connectivity index (χ3n) is 3.34. The van der Waals surface area contributed by atoms with Crippen molar-refractivity contribution in [1.82, 2.24) is 10.2 Å². The molecular weight excluding hydrogens is 287 g/mol. The predicted octanol–water partition coefficient (Wildman–Crippen LogP) is 1.72. The molecule has 2 amide bonds. The molecule has 0 saturated carbocycles. The summed E-state index contributed by atoms with van der Waals surface area (Å²) in [6.45, 7) is 4.43. The Morgan fingerprint density at radius 1 is 1.32 bits per heavy atom. The SMILES string of the molecule is COCCCNC(=O)[C@H](C)N(Cc1ccc(F)cc1)C(C)=O. The van der Waals surface area contributed by atoms with Crippen molar-refractivity contribution in [3.05, 3.63) is 35.6 Å². The summed E-state index contributed by atoms with van der Waals surface area (Å²) >= 11 is 0. The highest BCUT2D eigenvalue weighted by Gasteiger charge is 2.23. The van der Waals surface area contributed by atoms with Crippen LogP contribution in [0, 0.1) is 5.82 Å². The second kappa shape index (κ2) is 9.15. The normalized spacial score (nSPS) is 11.8. The highest BCUT2D eigenvalue weighted by molar-refractivity contribution is 5.86. The van der Waals surface area contributed by atoms with Crippen LogP contribution in [0.4, 0.5) is 4.39 Å². The number of hydrogen-bond donors (Lipinski definition) is 1. The van der Waals surface area contributed by atoms with Gasteiger partial charge in [-0.1, -0.05) is 12.1 Å². The van der Waals surface area contributed by atoms with Crippen LogP contribution in [0.15, 0.2) is 24.3 Å². The second-order valence-electron chi connectivity index (χ2n) is 5.09. The van der Waals surface area contributed by atoms with Gasteiger partial charge < -0.3 is 15.0 Å². The minimum absolute atomic E-state index is 0.205. The lowest BCUT2D eigenvalue weighted by Crippen LogP contribution is -2.47. The molecule has 0 unspecified atom stereocenters. The summed E-state index contributed by atoms with van der Waals surface area (Å²) in [6.07, 6.45) is 0.715. The van der Waals surface area contributed by atoms with Gasteiger partial charge >= 0.3 is 0 Å². The first kappa shape index (κ1) is 18.1. The highest BCUT2D eigenvalue weighted by atomic mass is 19.1. The molecule has 0 bridgehead atoms. The molecule has 0 aliphatic rings. The minimum Gasteiger partial charge on any atom is -0.385 e. The van der Waals surface area contributed by atoms with Gasteiger partial charge in [0.05, 0.1) is 0 Å². The molecule has 1 aromatic rings. The van der Waals surface area contributed by atoms with Crippen molar-refractivity contribution in [1.29, 1.82) is 0 Å². The number of ether oxygens (including phenoxy) is 1. The van der Waals surface area contributed by atoms with Crippen LogP contribution in [-0.2, 0) is 20.9 Å². The molecule has 5 nitrogen and oxygen atoms in total. The summed E-state index contributed by atoms with van der Waals surface area (Å²) < 4.78 is 17.8. The highest BCUT2D eigenvalue weighted by Crippen LogP contribution is 2.10. The van der Waals surface area contributed by atoms with Gasteiger partial charge in [0.1, 0.15) is 11.9 Å². The summed E-state index contributed by atoms with van der Waals surface area (Å²) in [5.74, 6) is -0.751. The number of halogens is 1. The number of rotatable bonds is 8. The molecule has 1 rings (SSSR count). The van der Waals surface area contributed by atoms with Gasteiger partial charge in [-0.25, -0.2) is 4.39 Å². The van der Waals surface area contributed by atoms with Crippen LogP contribution in [0.1, 0.15) is 25.8 Å². The molecule has 0 aliphatic carbocycles. The first-order chi connectivity index (χ1) is 10.5. The van der Waals surface area contributed by atoms with Crippen molar-refractivity contribution in [2.24, 2.45) is 0 Å². The molecule has 0 saturated heterocycles. The Hall–Kier alpha value is -1.95. The van der Waals surface area contributed by atoms with E-state index in [2.05, 4.69) is 5.32 Å². The van der Waals surface area contributed by atoms with Crippen molar-refractivity contribution in [2.75, 3.05) is 20.3 Å². The molecular formula is C16H23FN2O3. The van der Waals surface area contributed by atoms with Gasteiger partial charge in [0, 0.05) is 33.7 Å². The molecule has 0 heterocycles. The lowest BCUT2D eigenvalue weighted by Gasteiger charge is -2.27. The number of nitrogens with zero attached hydrogens (tertiary/aromatic N) is 1. The Labute approximate surface area is 130 Å². The van der Waals surface area contributed by atoms with Crippen molar-refractivity contribution >= 4 is 11.8 Å². The van der Waals surface area contributed by atoms with E-state index in [4.69, 9.17) is 4.74 Å². The zero-order chi connectivity index (χ0) is 16.5. The monoisotopic (exact) mass is 310 g/mol. The Kier molecular flexibility index (Phi) is 7.52. The molecule has 0 radical (unpaired) electrons. The molecule has 1 atom stereocenters. The molecule has 6 heteroatoms. The average Bonchev–Trinajstić information content (AvgIpc) is 2.49. The molecule has 122 valence electrons. The van der Waals surface area contributed by atoms with Gasteiger partial charge in [-0.05, 0) is 31.0 Å². The summed E-state index contributed by atoms with van der Waals surface area (Å²) in [6, 6.07) is 5.29. The summed E-state index contributed by atoms with van der Waals surface area (Å²) in [7, 11) is 1.60. The van der Waals surface area contributed by atoms with E-state index in [-0.39, 0.29) is 24.2 Å². The van der Waals surface area contributed by atoms with Crippen LogP contribution >= 0.6 is 0 Å². The number of nitrogens with one attached hydrogen (secondary N) is 1. The summed E-state index contributed by atoms with van der Waals surface area (Å²) in [4.78, 5) is 25.3. The van der Waals surface area contributed by atoms with E-state index in [9.17, 15) is 14.0 Å². The van der Waals surface area contributed by atoms with Crippen molar-refractivity contribution < 1.29 is 18.7 Å². The molecule has 1 N–H and O–H groups in total. The average molecular weight is 310 g/mol. The van der Waals surface area contributed by atoms with Crippen molar-refractivity contribution in [2.45, 2.75) is 32.9 Å². The largest absolute Gasteiger partial charge is 0.385 e. The van der Waals surface area contributed by atoms with Crippen molar-refractivity contribution in [3.8, 4) is 0 Å². The van der Waals surface area contributed by atoms with Gasteiger partial charge in [-0.15, -0.1) is 0 Å². The number of carbonyl (C=O) groups is 2. The summed E-state index contributed by atoms with van der Waals surface area (Å²) in [5, 5.41) is 2.77. The third-order valence-corrected chi connectivity index (χ3v) is 3.34. The number of hydrogen-bond acceptors (Lipinski definition) is 3. The van der Waals surface area contributed by atoms with E-state index in [1.807, 2.05) is 0 Å². The first-order valence-corrected chi connectivity index (χ1v) is 7.24. The second-order valence-corrected chi connectivity index (χ2v) is 5.09. The molecule has 0 aromatic heterocycles. The maximum atomic E-state index is 12.9. The lowest BCUT2D eigenvalue weighted by atomic mass is 10.1. The van der Waals surface area contributed by atoms with Crippen LogP contribution < -0.4 is 5.32 Å². The summed E-state index contributed by atoms with van der Waals surface area (Å²) in [5.41, 5.74) is 0.774. The standard InChI is InChI=1S/C16H23FN2O3/c1-12(16(21)18-9-4-10-22-3)19(13(2)20)11-14-5-7-15(17)8-6-14/h5-8,12H,4,9-11H2,1-3H3,(H,18,21)/t12-/m0/s1. The van der Waals surface area contributed by atoms with Crippen LogP contribution in [0.3, 0.4) is 0 Å². The fraction of sp³-hybridized carbons (Fsp3) is 0.500. The fourth-order valence-electron chi connectivity index (χ4n) is 2.02. The quantitative estimate of drug-likeness (QED) is 0.744. The van der Waals surface area contributed by atoms with Gasteiger partial charge in [0.15, 0.2) is 0 Å². The molecule has 0 spiro atoms. The maximum absolute atomic E-state index is 12.9. The van der Waals surface area contributed by atoms with E-state index in [1.165, 1.54) is 24.0 Å². The number of benzene rings is 1. The van der Waals surface area contributed by atoms with E-state index in [0.29, 0.717) is 19.6 Å². The molecule has 22 heavy (non-hydrogen) atoms. The predicted molar refractivity (Wildman–Crippen MR) is 81.6 cm³/mol. The van der Waals surface area contributed by atoms with Crippen LogP contribution in [0.5, 0.6) is 0 Å². The topological polar surface area (TPSA) is 58.6 Å². The van der Waals surface area contributed by atoms with Gasteiger partial charge in [-0.3, -0.25) is 9.59 Å². The van der Waals surface area contributed by atoms with Crippen LogP contribution in [0.25, 0.3) is 0 Å². The molecule has 1 aromatic carbocycles. The van der Waals surface area contributed by atoms with E-state index in [0.717, 1.165) is 5.56 Å². The third kappa shape index (κ3) is 5.81. The Morgan fingerprint density at radius 3 is 2.50 bits per heavy atom. The maximum Gasteiger partial charge on any atom is 0.242 e. The van der Waals surface area contributed by atoms with Gasteiger partial charge in [0.25, 0.3) is 0 Å². The zero-order valence-electron chi connectivity index (χ0n) is 13.3. The Morgan fingerprint density at radius 2 is 1.95 bits per heavy atom.